The first-order valence-electron chi connectivity index (χ1n) is 9.76. The number of carbonyl (C=O) groups excluding carboxylic acids is 2. The van der Waals surface area contributed by atoms with E-state index in [1.165, 1.54) is 11.0 Å². The number of ether oxygens (including phenoxy) is 1. The maximum Gasteiger partial charge on any atom is 0.410 e. The van der Waals surface area contributed by atoms with Gasteiger partial charge in [0.2, 0.25) is 0 Å². The third-order valence-corrected chi connectivity index (χ3v) is 5.78. The average molecular weight is 485 g/mol. The van der Waals surface area contributed by atoms with Crippen molar-refractivity contribution < 1.29 is 23.8 Å². The zero-order valence-electron chi connectivity index (χ0n) is 17.5. The summed E-state index contributed by atoms with van der Waals surface area (Å²) in [5, 5.41) is 16.9. The van der Waals surface area contributed by atoms with Gasteiger partial charge in [0.05, 0.1) is 27.3 Å². The maximum absolute atomic E-state index is 14.5. The van der Waals surface area contributed by atoms with Crippen molar-refractivity contribution in [1.29, 1.82) is 0 Å². The molecule has 2 amide bonds. The second-order valence-corrected chi connectivity index (χ2v) is 9.16. The van der Waals surface area contributed by atoms with Crippen LogP contribution < -0.4 is 0 Å². The molecule has 164 valence electrons. The molecule has 0 aliphatic carbocycles. The monoisotopic (exact) mass is 484 g/mol. The van der Waals surface area contributed by atoms with Crippen molar-refractivity contribution in [3.63, 3.8) is 0 Å². The molecule has 2 heterocycles. The highest BCUT2D eigenvalue weighted by Gasteiger charge is 2.35. The molecule has 1 fully saturated rings. The predicted molar refractivity (Wildman–Crippen MR) is 113 cm³/mol. The Morgan fingerprint density at radius 1 is 1.40 bits per heavy atom. The number of benzene rings is 1. The number of fused-ring (bicyclic) bond motifs is 1. The first kappa shape index (κ1) is 22.5. The third-order valence-electron chi connectivity index (χ3n) is 5.00. The molecule has 1 atom stereocenters. The van der Waals surface area contributed by atoms with Crippen molar-refractivity contribution >= 4 is 38.8 Å². The number of halogens is 2. The zero-order chi connectivity index (χ0) is 22.2. The number of aliphatic hydroxyl groups is 1. The number of amides is 2. The number of carbonyl (C=O) groups is 2. The highest BCUT2D eigenvalue weighted by Crippen LogP contribution is 2.32. The molecule has 1 aliphatic rings. The van der Waals surface area contributed by atoms with Crippen LogP contribution in [0.3, 0.4) is 0 Å². The first-order valence-corrected chi connectivity index (χ1v) is 10.5. The van der Waals surface area contributed by atoms with Gasteiger partial charge in [0.1, 0.15) is 11.4 Å². The van der Waals surface area contributed by atoms with Gasteiger partial charge in [0, 0.05) is 31.6 Å². The molecule has 0 radical (unpaired) electrons. The molecular formula is C20H26BrFN4O4. The Labute approximate surface area is 182 Å². The van der Waals surface area contributed by atoms with E-state index in [-0.39, 0.29) is 48.6 Å². The van der Waals surface area contributed by atoms with Crippen LogP contribution in [0.25, 0.3) is 10.9 Å². The van der Waals surface area contributed by atoms with Crippen LogP contribution >= 0.6 is 15.9 Å². The topological polar surface area (TPSA) is 98.8 Å². The smallest absolute Gasteiger partial charge is 0.410 e. The predicted octanol–water partition coefficient (Wildman–Crippen LogP) is 3.22. The molecule has 2 N–H and O–H groups in total. The van der Waals surface area contributed by atoms with E-state index < -0.39 is 23.6 Å². The van der Waals surface area contributed by atoms with Crippen LogP contribution in [-0.2, 0) is 4.74 Å². The van der Waals surface area contributed by atoms with Gasteiger partial charge >= 0.3 is 6.09 Å². The number of nitrogens with zero attached hydrogens (tertiary/aromatic N) is 3. The summed E-state index contributed by atoms with van der Waals surface area (Å²) >= 11 is 3.22. The van der Waals surface area contributed by atoms with E-state index in [0.717, 1.165) is 0 Å². The van der Waals surface area contributed by atoms with Gasteiger partial charge in [-0.15, -0.1) is 0 Å². The van der Waals surface area contributed by atoms with Crippen molar-refractivity contribution in [1.82, 2.24) is 20.0 Å². The minimum atomic E-state index is -0.629. The van der Waals surface area contributed by atoms with Crippen LogP contribution in [-0.4, -0.2) is 75.0 Å². The molecule has 0 bridgehead atoms. The lowest BCUT2D eigenvalue weighted by molar-refractivity contribution is 0.00181. The number of aromatic amines is 1. The van der Waals surface area contributed by atoms with E-state index in [9.17, 15) is 19.1 Å². The number of piperazine rings is 1. The number of hydrogen-bond acceptors (Lipinski definition) is 5. The number of aryl methyl sites for hydroxylation is 1. The van der Waals surface area contributed by atoms with Gasteiger partial charge in [-0.25, -0.2) is 9.18 Å². The Morgan fingerprint density at radius 2 is 2.10 bits per heavy atom. The fourth-order valence-corrected chi connectivity index (χ4v) is 4.21. The van der Waals surface area contributed by atoms with E-state index in [0.29, 0.717) is 16.6 Å². The van der Waals surface area contributed by atoms with Crippen LogP contribution in [0.15, 0.2) is 10.5 Å². The lowest BCUT2D eigenvalue weighted by Crippen LogP contribution is -2.57. The van der Waals surface area contributed by atoms with Gasteiger partial charge in [-0.3, -0.25) is 9.89 Å². The molecule has 30 heavy (non-hydrogen) atoms. The normalized spacial score (nSPS) is 17.5. The SMILES string of the molecule is Cc1n[nH]c2c(C(=O)N3CCN(C(=O)OC(C)(C)C)C[C@@H]3CCO)cc(F)c(Br)c12. The van der Waals surface area contributed by atoms with Crippen molar-refractivity contribution in [3.8, 4) is 0 Å². The summed E-state index contributed by atoms with van der Waals surface area (Å²) in [5.74, 6) is -0.932. The van der Waals surface area contributed by atoms with E-state index >= 15 is 0 Å². The molecule has 2 aromatic rings. The highest BCUT2D eigenvalue weighted by molar-refractivity contribution is 9.10. The second kappa shape index (κ2) is 8.50. The fraction of sp³-hybridized carbons (Fsp3) is 0.550. The van der Waals surface area contributed by atoms with Gasteiger partial charge in [0.15, 0.2) is 0 Å². The van der Waals surface area contributed by atoms with Crippen molar-refractivity contribution in [3.05, 3.63) is 27.6 Å². The highest BCUT2D eigenvalue weighted by atomic mass is 79.9. The molecule has 1 aromatic carbocycles. The summed E-state index contributed by atoms with van der Waals surface area (Å²) in [5.41, 5.74) is 0.561. The Hall–Kier alpha value is -2.20. The lowest BCUT2D eigenvalue weighted by Gasteiger charge is -2.41. The molecule has 8 nitrogen and oxygen atoms in total. The maximum atomic E-state index is 14.5. The summed E-state index contributed by atoms with van der Waals surface area (Å²) in [7, 11) is 0. The minimum absolute atomic E-state index is 0.149. The third kappa shape index (κ3) is 4.44. The Kier molecular flexibility index (Phi) is 6.37. The van der Waals surface area contributed by atoms with Crippen LogP contribution in [0, 0.1) is 12.7 Å². The first-order chi connectivity index (χ1) is 14.0. The number of H-pyrrole nitrogens is 1. The van der Waals surface area contributed by atoms with Crippen LogP contribution in [0.4, 0.5) is 9.18 Å². The molecule has 1 saturated heterocycles. The van der Waals surface area contributed by atoms with Crippen LogP contribution in [0.1, 0.15) is 43.2 Å². The quantitative estimate of drug-likeness (QED) is 0.696. The number of rotatable bonds is 3. The van der Waals surface area contributed by atoms with Gasteiger partial charge in [0.25, 0.3) is 5.91 Å². The minimum Gasteiger partial charge on any atom is -0.444 e. The van der Waals surface area contributed by atoms with Gasteiger partial charge < -0.3 is 19.6 Å². The summed E-state index contributed by atoms with van der Waals surface area (Å²) in [6, 6.07) is 0.761. The summed E-state index contributed by atoms with van der Waals surface area (Å²) in [6.45, 7) is 7.70. The molecule has 1 aliphatic heterocycles. The molecule has 3 rings (SSSR count). The molecule has 0 unspecified atom stereocenters. The molecule has 0 spiro atoms. The van der Waals surface area contributed by atoms with E-state index in [1.54, 1.807) is 32.6 Å². The van der Waals surface area contributed by atoms with Crippen LogP contribution in [0.2, 0.25) is 0 Å². The molecule has 0 saturated carbocycles. The molecular weight excluding hydrogens is 459 g/mol. The standard InChI is InChI=1S/C20H26BrFN4O4/c1-11-15-16(21)14(22)9-13(17(15)24-23-11)18(28)26-7-6-25(10-12(26)5-8-27)19(29)30-20(2,3)4/h9,12,27H,5-8,10H2,1-4H3,(H,23,24)/t12-/m0/s1. The molecule has 1 aromatic heterocycles. The number of aliphatic hydroxyl groups excluding tert-OH is 1. The zero-order valence-corrected chi connectivity index (χ0v) is 19.0. The summed E-state index contributed by atoms with van der Waals surface area (Å²) < 4.78 is 20.2. The second-order valence-electron chi connectivity index (χ2n) is 8.37. The summed E-state index contributed by atoms with van der Waals surface area (Å²) in [4.78, 5) is 28.9. The van der Waals surface area contributed by atoms with Crippen molar-refractivity contribution in [2.45, 2.75) is 45.8 Å². The fourth-order valence-electron chi connectivity index (χ4n) is 3.61. The van der Waals surface area contributed by atoms with E-state index in [1.807, 2.05) is 0 Å². The number of hydrogen-bond donors (Lipinski definition) is 2. The molecule has 10 heteroatoms. The largest absolute Gasteiger partial charge is 0.444 e. The van der Waals surface area contributed by atoms with Gasteiger partial charge in [-0.2, -0.15) is 5.10 Å². The van der Waals surface area contributed by atoms with Crippen molar-refractivity contribution in [2.75, 3.05) is 26.2 Å². The van der Waals surface area contributed by atoms with Crippen LogP contribution in [0.5, 0.6) is 0 Å². The van der Waals surface area contributed by atoms with E-state index in [2.05, 4.69) is 26.1 Å². The Balaban J connectivity index is 1.89. The number of aromatic nitrogens is 2. The number of nitrogens with one attached hydrogen (secondary N) is 1. The van der Waals surface area contributed by atoms with Gasteiger partial charge in [-0.1, -0.05) is 0 Å². The van der Waals surface area contributed by atoms with Crippen molar-refractivity contribution in [2.24, 2.45) is 0 Å². The summed E-state index contributed by atoms with van der Waals surface area (Å²) in [6.07, 6.45) is -0.173. The Morgan fingerprint density at radius 3 is 2.73 bits per heavy atom. The van der Waals surface area contributed by atoms with Gasteiger partial charge in [-0.05, 0) is 56.1 Å². The average Bonchev–Trinajstić information content (AvgIpc) is 3.05. The lowest BCUT2D eigenvalue weighted by atomic mass is 10.0. The Bertz CT molecular complexity index is 972. The van der Waals surface area contributed by atoms with E-state index in [4.69, 9.17) is 4.74 Å².